The van der Waals surface area contributed by atoms with Crippen molar-refractivity contribution >= 4 is 27.9 Å². The van der Waals surface area contributed by atoms with Gasteiger partial charge in [-0.15, -0.1) is 0 Å². The van der Waals surface area contributed by atoms with Crippen molar-refractivity contribution in [3.63, 3.8) is 0 Å². The number of hydrogen-bond acceptors (Lipinski definition) is 4. The minimum atomic E-state index is -4.49. The van der Waals surface area contributed by atoms with Gasteiger partial charge in [-0.05, 0) is 28.8 Å². The van der Waals surface area contributed by atoms with Gasteiger partial charge in [0.05, 0.1) is 26.1 Å². The molecule has 1 fully saturated rings. The number of esters is 2. The summed E-state index contributed by atoms with van der Waals surface area (Å²) in [4.78, 5) is 18.4. The van der Waals surface area contributed by atoms with Gasteiger partial charge in [-0.2, -0.15) is 17.6 Å². The molecule has 20 heavy (non-hydrogen) atoms. The average Bonchev–Trinajstić information content (AvgIpc) is 2.81. The van der Waals surface area contributed by atoms with Crippen LogP contribution in [0.5, 0.6) is 0 Å². The number of rotatable bonds is 4. The Morgan fingerprint density at radius 3 is 1.95 bits per heavy atom. The van der Waals surface area contributed by atoms with E-state index in [1.807, 2.05) is 0 Å². The van der Waals surface area contributed by atoms with Crippen molar-refractivity contribution in [3.05, 3.63) is 0 Å². The van der Waals surface area contributed by atoms with E-state index in [2.05, 4.69) is 9.47 Å². The number of halogens is 5. The second-order valence-corrected chi connectivity index (χ2v) is 5.54. The second kappa shape index (κ2) is 5.87. The van der Waals surface area contributed by atoms with Gasteiger partial charge in [0.15, 0.2) is 0 Å². The van der Waals surface area contributed by atoms with Gasteiger partial charge in [0.25, 0.3) is 0 Å². The normalized spacial score (nSPS) is 27.2. The molecule has 0 aromatic rings. The Hall–Kier alpha value is -0.860. The molecule has 116 valence electrons. The molecule has 0 bridgehead atoms. The van der Waals surface area contributed by atoms with Gasteiger partial charge in [-0.1, -0.05) is 0 Å². The molecule has 3 atom stereocenters. The number of methoxy groups -OCH3 is 2. The number of ether oxygens (including phenoxy) is 2. The molecule has 0 aliphatic heterocycles. The van der Waals surface area contributed by atoms with E-state index in [1.165, 1.54) is 0 Å². The summed E-state index contributed by atoms with van der Waals surface area (Å²) in [5.41, 5.74) is 0. The summed E-state index contributed by atoms with van der Waals surface area (Å²) in [6.45, 7) is 0. The van der Waals surface area contributed by atoms with Crippen LogP contribution in [0.15, 0.2) is 0 Å². The number of carbonyl (C=O) groups excluding carboxylic acids is 2. The van der Waals surface area contributed by atoms with E-state index >= 15 is 0 Å². The van der Waals surface area contributed by atoms with E-state index in [0.29, 0.717) is 0 Å². The van der Waals surface area contributed by atoms with E-state index in [4.69, 9.17) is 0 Å². The zero-order valence-electron chi connectivity index (χ0n) is 10.7. The summed E-state index contributed by atoms with van der Waals surface area (Å²) in [6, 6.07) is 0. The zero-order chi connectivity index (χ0) is 15.7. The van der Waals surface area contributed by atoms with Gasteiger partial charge in [-0.3, -0.25) is 9.59 Å². The lowest BCUT2D eigenvalue weighted by molar-refractivity contribution is -0.195. The van der Waals surface area contributed by atoms with Crippen LogP contribution < -0.4 is 0 Å². The predicted octanol–water partition coefficient (Wildman–Crippen LogP) is 2.60. The molecule has 0 heterocycles. The summed E-state index contributed by atoms with van der Waals surface area (Å²) in [6.07, 6.45) is -0.872. The third-order valence-electron chi connectivity index (χ3n) is 3.44. The predicted molar refractivity (Wildman–Crippen MR) is 62.6 cm³/mol. The standard InChI is InChI=1S/C11H13BrF4O4/c1-19-8(17)5-3-6(9(18)20-2)7(4-5)10(13,14)11(12,15)16/h5-7H,3-4H2,1-2H3/t5-,6+,7?/m1/s1. The Balaban J connectivity index is 3.07. The zero-order valence-corrected chi connectivity index (χ0v) is 12.3. The van der Waals surface area contributed by atoms with Gasteiger partial charge in [0.1, 0.15) is 0 Å². The molecule has 0 saturated heterocycles. The van der Waals surface area contributed by atoms with Crippen LogP contribution in [0.1, 0.15) is 12.8 Å². The molecule has 1 rings (SSSR count). The van der Waals surface area contributed by atoms with E-state index in [1.54, 1.807) is 15.9 Å². The number of hydrogen-bond donors (Lipinski definition) is 0. The lowest BCUT2D eigenvalue weighted by atomic mass is 9.90. The fourth-order valence-electron chi connectivity index (χ4n) is 2.42. The Kier molecular flexibility index (Phi) is 5.04. The highest BCUT2D eigenvalue weighted by Crippen LogP contribution is 2.53. The van der Waals surface area contributed by atoms with Crippen LogP contribution in [0, 0.1) is 17.8 Å². The minimum absolute atomic E-state index is 0.303. The monoisotopic (exact) mass is 364 g/mol. The molecule has 0 radical (unpaired) electrons. The van der Waals surface area contributed by atoms with E-state index in [0.717, 1.165) is 14.2 Å². The van der Waals surface area contributed by atoms with Gasteiger partial charge >= 0.3 is 22.7 Å². The Bertz CT molecular complexity index is 396. The van der Waals surface area contributed by atoms with Crippen molar-refractivity contribution < 1.29 is 36.6 Å². The van der Waals surface area contributed by atoms with Crippen molar-refractivity contribution in [1.82, 2.24) is 0 Å². The Morgan fingerprint density at radius 1 is 1.05 bits per heavy atom. The summed E-state index contributed by atoms with van der Waals surface area (Å²) >= 11 is 1.63. The summed E-state index contributed by atoms with van der Waals surface area (Å²) in [5, 5.41) is 0. The topological polar surface area (TPSA) is 52.6 Å². The van der Waals surface area contributed by atoms with E-state index < -0.39 is 46.9 Å². The van der Waals surface area contributed by atoms with Crippen LogP contribution in [-0.4, -0.2) is 36.9 Å². The van der Waals surface area contributed by atoms with Crippen molar-refractivity contribution in [2.24, 2.45) is 17.8 Å². The molecule has 4 nitrogen and oxygen atoms in total. The van der Waals surface area contributed by atoms with E-state index in [-0.39, 0.29) is 6.42 Å². The third kappa shape index (κ3) is 3.07. The molecular weight excluding hydrogens is 352 g/mol. The molecule has 0 N–H and O–H groups in total. The first-order valence-electron chi connectivity index (χ1n) is 5.66. The first-order valence-corrected chi connectivity index (χ1v) is 6.45. The van der Waals surface area contributed by atoms with Gasteiger partial charge < -0.3 is 9.47 Å². The smallest absolute Gasteiger partial charge is 0.363 e. The molecule has 0 amide bonds. The van der Waals surface area contributed by atoms with Crippen LogP contribution in [0.3, 0.4) is 0 Å². The molecule has 1 unspecified atom stereocenters. The molecule has 1 aliphatic carbocycles. The van der Waals surface area contributed by atoms with Crippen LogP contribution in [-0.2, 0) is 19.1 Å². The minimum Gasteiger partial charge on any atom is -0.469 e. The molecular formula is C11H13BrF4O4. The Labute approximate surface area is 120 Å². The second-order valence-electron chi connectivity index (χ2n) is 4.55. The molecule has 0 spiro atoms. The first-order chi connectivity index (χ1) is 9.06. The maximum absolute atomic E-state index is 13.8. The lowest BCUT2D eigenvalue weighted by Crippen LogP contribution is -2.45. The Morgan fingerprint density at radius 2 is 1.55 bits per heavy atom. The number of carbonyl (C=O) groups is 2. The van der Waals surface area contributed by atoms with Crippen molar-refractivity contribution in [2.45, 2.75) is 23.6 Å². The fraction of sp³-hybridized carbons (Fsp3) is 0.818. The van der Waals surface area contributed by atoms with Crippen molar-refractivity contribution in [1.29, 1.82) is 0 Å². The summed E-state index contributed by atoms with van der Waals surface area (Å²) in [7, 11) is 2.02. The highest BCUT2D eigenvalue weighted by Gasteiger charge is 2.65. The van der Waals surface area contributed by atoms with Gasteiger partial charge in [-0.25, -0.2) is 0 Å². The third-order valence-corrected chi connectivity index (χ3v) is 3.97. The quantitative estimate of drug-likeness (QED) is 0.437. The largest absolute Gasteiger partial charge is 0.469 e. The maximum Gasteiger partial charge on any atom is 0.363 e. The van der Waals surface area contributed by atoms with Crippen LogP contribution >= 0.6 is 15.9 Å². The molecule has 1 saturated carbocycles. The molecule has 1 aliphatic rings. The first kappa shape index (κ1) is 17.2. The van der Waals surface area contributed by atoms with Gasteiger partial charge in [0.2, 0.25) is 0 Å². The lowest BCUT2D eigenvalue weighted by Gasteiger charge is -2.30. The molecule has 9 heteroatoms. The summed E-state index contributed by atoms with van der Waals surface area (Å²) < 4.78 is 62.3. The van der Waals surface area contributed by atoms with E-state index in [9.17, 15) is 27.2 Å². The molecule has 0 aromatic heterocycles. The SMILES string of the molecule is COC(=O)[C@H]1CC(C(F)(F)C(F)(F)Br)[C@@H](C(=O)OC)C1. The maximum atomic E-state index is 13.8. The van der Waals surface area contributed by atoms with Crippen LogP contribution in [0.4, 0.5) is 17.6 Å². The average molecular weight is 365 g/mol. The summed E-state index contributed by atoms with van der Waals surface area (Å²) in [5.74, 6) is -10.9. The van der Waals surface area contributed by atoms with Crippen molar-refractivity contribution in [3.8, 4) is 0 Å². The van der Waals surface area contributed by atoms with Crippen LogP contribution in [0.2, 0.25) is 0 Å². The van der Waals surface area contributed by atoms with Crippen molar-refractivity contribution in [2.75, 3.05) is 14.2 Å². The van der Waals surface area contributed by atoms with Crippen LogP contribution in [0.25, 0.3) is 0 Å². The highest BCUT2D eigenvalue weighted by atomic mass is 79.9. The molecule has 0 aromatic carbocycles. The number of alkyl halides is 5. The highest BCUT2D eigenvalue weighted by molar-refractivity contribution is 9.10. The van der Waals surface area contributed by atoms with Gasteiger partial charge in [0, 0.05) is 5.92 Å². The fourth-order valence-corrected chi connectivity index (χ4v) is 2.71.